The molecule has 0 atom stereocenters. The Morgan fingerprint density at radius 2 is 2.00 bits per heavy atom. The number of amides is 1. The number of hydrogen-bond acceptors (Lipinski definition) is 2. The molecule has 2 aromatic rings. The van der Waals surface area contributed by atoms with Crippen LogP contribution in [0.25, 0.3) is 0 Å². The van der Waals surface area contributed by atoms with Gasteiger partial charge in [-0.25, -0.2) is 0 Å². The number of halogens is 2. The number of carbonyl (C=O) groups is 1. The minimum Gasteiger partial charge on any atom is -0.347 e. The standard InChI is InChI=1S/C13H10ClIN2O/c14-10-3-1-9(2-4-10)8-17-13(18)12-7-11(15)5-6-16-12/h1-7H,8H2,(H,17,18). The highest BCUT2D eigenvalue weighted by molar-refractivity contribution is 14.1. The van der Waals surface area contributed by atoms with Crippen LogP contribution in [0, 0.1) is 3.57 Å². The largest absolute Gasteiger partial charge is 0.347 e. The quantitative estimate of drug-likeness (QED) is 0.840. The molecule has 3 nitrogen and oxygen atoms in total. The fourth-order valence-electron chi connectivity index (χ4n) is 1.40. The average Bonchev–Trinajstić information content (AvgIpc) is 2.38. The molecule has 0 fully saturated rings. The molecule has 92 valence electrons. The van der Waals surface area contributed by atoms with Gasteiger partial charge in [0.2, 0.25) is 0 Å². The van der Waals surface area contributed by atoms with Gasteiger partial charge in [-0.15, -0.1) is 0 Å². The Balaban J connectivity index is 1.98. The summed E-state index contributed by atoms with van der Waals surface area (Å²) < 4.78 is 0.985. The van der Waals surface area contributed by atoms with Crippen molar-refractivity contribution in [2.75, 3.05) is 0 Å². The molecule has 1 N–H and O–H groups in total. The van der Waals surface area contributed by atoms with Crippen molar-refractivity contribution in [1.82, 2.24) is 10.3 Å². The molecule has 0 saturated heterocycles. The van der Waals surface area contributed by atoms with Gasteiger partial charge in [-0.3, -0.25) is 9.78 Å². The summed E-state index contributed by atoms with van der Waals surface area (Å²) in [5.74, 6) is -0.177. The molecule has 0 saturated carbocycles. The highest BCUT2D eigenvalue weighted by Gasteiger charge is 2.06. The number of aromatic nitrogens is 1. The number of benzene rings is 1. The number of carbonyl (C=O) groups excluding carboxylic acids is 1. The number of hydrogen-bond donors (Lipinski definition) is 1. The Bertz CT molecular complexity index is 557. The van der Waals surface area contributed by atoms with Gasteiger partial charge in [0.1, 0.15) is 5.69 Å². The monoisotopic (exact) mass is 372 g/mol. The summed E-state index contributed by atoms with van der Waals surface area (Å²) in [6, 6.07) is 10.9. The van der Waals surface area contributed by atoms with Gasteiger partial charge in [-0.2, -0.15) is 0 Å². The van der Waals surface area contributed by atoms with Gasteiger partial charge in [-0.05, 0) is 52.4 Å². The van der Waals surface area contributed by atoms with Gasteiger partial charge in [0.05, 0.1) is 0 Å². The molecular weight excluding hydrogens is 363 g/mol. The second-order valence-electron chi connectivity index (χ2n) is 3.67. The fourth-order valence-corrected chi connectivity index (χ4v) is 1.99. The molecule has 0 aliphatic carbocycles. The Morgan fingerprint density at radius 1 is 1.28 bits per heavy atom. The van der Waals surface area contributed by atoms with Crippen LogP contribution in [0.5, 0.6) is 0 Å². The second kappa shape index (κ2) is 6.15. The van der Waals surface area contributed by atoms with Crippen LogP contribution >= 0.6 is 34.2 Å². The third kappa shape index (κ3) is 3.68. The zero-order valence-electron chi connectivity index (χ0n) is 9.36. The van der Waals surface area contributed by atoms with Gasteiger partial charge in [-0.1, -0.05) is 23.7 Å². The first-order chi connectivity index (χ1) is 8.65. The molecule has 1 aromatic heterocycles. The zero-order chi connectivity index (χ0) is 13.0. The van der Waals surface area contributed by atoms with Crippen molar-refractivity contribution < 1.29 is 4.79 Å². The van der Waals surface area contributed by atoms with Crippen LogP contribution < -0.4 is 5.32 Å². The Labute approximate surface area is 124 Å². The van der Waals surface area contributed by atoms with Gasteiger partial charge >= 0.3 is 0 Å². The van der Waals surface area contributed by atoms with E-state index >= 15 is 0 Å². The molecular formula is C13H10ClIN2O. The van der Waals surface area contributed by atoms with E-state index in [2.05, 4.69) is 32.9 Å². The topological polar surface area (TPSA) is 42.0 Å². The smallest absolute Gasteiger partial charge is 0.270 e. The van der Waals surface area contributed by atoms with Crippen LogP contribution in [0.2, 0.25) is 5.02 Å². The molecule has 2 rings (SSSR count). The highest BCUT2D eigenvalue weighted by atomic mass is 127. The fraction of sp³-hybridized carbons (Fsp3) is 0.0769. The van der Waals surface area contributed by atoms with Gasteiger partial charge in [0.25, 0.3) is 5.91 Å². The van der Waals surface area contributed by atoms with Crippen molar-refractivity contribution in [2.45, 2.75) is 6.54 Å². The maximum atomic E-state index is 11.8. The lowest BCUT2D eigenvalue weighted by Gasteiger charge is -2.05. The van der Waals surface area contributed by atoms with E-state index in [0.29, 0.717) is 17.3 Å². The van der Waals surface area contributed by atoms with Crippen molar-refractivity contribution in [2.24, 2.45) is 0 Å². The Morgan fingerprint density at radius 3 is 2.67 bits per heavy atom. The molecule has 5 heteroatoms. The van der Waals surface area contributed by atoms with E-state index in [1.807, 2.05) is 18.2 Å². The van der Waals surface area contributed by atoms with Crippen LogP contribution in [0.4, 0.5) is 0 Å². The molecule has 0 aliphatic heterocycles. The van der Waals surface area contributed by atoms with E-state index < -0.39 is 0 Å². The van der Waals surface area contributed by atoms with Crippen molar-refractivity contribution >= 4 is 40.1 Å². The zero-order valence-corrected chi connectivity index (χ0v) is 12.3. The van der Waals surface area contributed by atoms with Crippen molar-refractivity contribution in [3.63, 3.8) is 0 Å². The highest BCUT2D eigenvalue weighted by Crippen LogP contribution is 2.09. The summed E-state index contributed by atoms with van der Waals surface area (Å²) in [6.45, 7) is 0.461. The average molecular weight is 373 g/mol. The SMILES string of the molecule is O=C(NCc1ccc(Cl)cc1)c1cc(I)ccn1. The third-order valence-corrected chi connectivity index (χ3v) is 3.24. The molecule has 1 amide bonds. The predicted molar refractivity (Wildman–Crippen MR) is 79.6 cm³/mol. The van der Waals surface area contributed by atoms with Gasteiger partial charge < -0.3 is 5.32 Å². The van der Waals surface area contributed by atoms with Gasteiger partial charge in [0, 0.05) is 21.3 Å². The van der Waals surface area contributed by atoms with E-state index in [9.17, 15) is 4.79 Å². The van der Waals surface area contributed by atoms with Crippen LogP contribution in [-0.4, -0.2) is 10.9 Å². The van der Waals surface area contributed by atoms with Crippen molar-refractivity contribution in [3.05, 3.63) is 62.4 Å². The van der Waals surface area contributed by atoms with Crippen LogP contribution in [-0.2, 0) is 6.54 Å². The van der Waals surface area contributed by atoms with Crippen molar-refractivity contribution in [3.8, 4) is 0 Å². The molecule has 18 heavy (non-hydrogen) atoms. The molecule has 0 aliphatic rings. The van der Waals surface area contributed by atoms with Crippen LogP contribution in [0.15, 0.2) is 42.6 Å². The molecule has 1 aromatic carbocycles. The summed E-state index contributed by atoms with van der Waals surface area (Å²) >= 11 is 7.94. The number of rotatable bonds is 3. The molecule has 1 heterocycles. The lowest BCUT2D eigenvalue weighted by molar-refractivity contribution is 0.0946. The third-order valence-electron chi connectivity index (χ3n) is 2.32. The Kier molecular flexibility index (Phi) is 4.54. The molecule has 0 radical (unpaired) electrons. The van der Waals surface area contributed by atoms with E-state index in [1.54, 1.807) is 24.4 Å². The van der Waals surface area contributed by atoms with E-state index in [0.717, 1.165) is 9.13 Å². The lowest BCUT2D eigenvalue weighted by Crippen LogP contribution is -2.23. The molecule has 0 bridgehead atoms. The number of pyridine rings is 1. The van der Waals surface area contributed by atoms with Crippen LogP contribution in [0.3, 0.4) is 0 Å². The first kappa shape index (κ1) is 13.3. The van der Waals surface area contributed by atoms with E-state index in [1.165, 1.54) is 0 Å². The summed E-state index contributed by atoms with van der Waals surface area (Å²) in [7, 11) is 0. The first-order valence-corrected chi connectivity index (χ1v) is 6.75. The second-order valence-corrected chi connectivity index (χ2v) is 5.35. The normalized spacial score (nSPS) is 10.1. The van der Waals surface area contributed by atoms with E-state index in [-0.39, 0.29) is 5.91 Å². The van der Waals surface area contributed by atoms with Gasteiger partial charge in [0.15, 0.2) is 0 Å². The number of nitrogens with one attached hydrogen (secondary N) is 1. The molecule has 0 spiro atoms. The summed E-state index contributed by atoms with van der Waals surface area (Å²) in [5, 5.41) is 3.50. The maximum Gasteiger partial charge on any atom is 0.270 e. The first-order valence-electron chi connectivity index (χ1n) is 5.29. The maximum absolute atomic E-state index is 11.8. The van der Waals surface area contributed by atoms with E-state index in [4.69, 9.17) is 11.6 Å². The Hall–Kier alpha value is -1.14. The minimum absolute atomic E-state index is 0.177. The predicted octanol–water partition coefficient (Wildman–Crippen LogP) is 3.27. The molecule has 0 unspecified atom stereocenters. The summed E-state index contributed by atoms with van der Waals surface area (Å²) in [4.78, 5) is 15.9. The lowest BCUT2D eigenvalue weighted by atomic mass is 10.2. The summed E-state index contributed by atoms with van der Waals surface area (Å²) in [6.07, 6.45) is 1.62. The summed E-state index contributed by atoms with van der Waals surface area (Å²) in [5.41, 5.74) is 1.43. The number of nitrogens with zero attached hydrogens (tertiary/aromatic N) is 1. The van der Waals surface area contributed by atoms with Crippen molar-refractivity contribution in [1.29, 1.82) is 0 Å². The van der Waals surface area contributed by atoms with Crippen LogP contribution in [0.1, 0.15) is 16.1 Å². The minimum atomic E-state index is -0.177.